The van der Waals surface area contributed by atoms with E-state index in [1.807, 2.05) is 0 Å². The summed E-state index contributed by atoms with van der Waals surface area (Å²) in [6, 6.07) is 0. The number of carbonyl (C=O) groups is 1. The molecule has 2 rings (SSSR count). The number of esters is 1. The molecule has 0 aromatic heterocycles. The maximum absolute atomic E-state index is 14.5. The summed E-state index contributed by atoms with van der Waals surface area (Å²) in [7, 11) is 0. The standard InChI is InChI=1S/C14H23F2O7PS.2Na/c1-12(2,3)11(17)20-6-7-8(14(15,16)24(18,19)25)9-10(21-7)23-13(4,5)22-9;;/h7-10H,6H2,1-5H3,(H2,18,19,25);;/q;2*+1/p-2/t7-,8-,9-,10-;;/m1../s1. The van der Waals surface area contributed by atoms with Gasteiger partial charge in [-0.15, -0.1) is 0 Å². The number of rotatable bonds is 4. The van der Waals surface area contributed by atoms with Crippen LogP contribution in [0.1, 0.15) is 34.6 Å². The zero-order valence-corrected chi connectivity index (χ0v) is 22.2. The molecule has 0 radical (unpaired) electrons. The third-order valence-electron chi connectivity index (χ3n) is 3.91. The Balaban J connectivity index is 0.00000338. The van der Waals surface area contributed by atoms with Gasteiger partial charge in [-0.25, -0.2) is 0 Å². The van der Waals surface area contributed by atoms with Crippen molar-refractivity contribution in [2.75, 3.05) is 6.61 Å². The van der Waals surface area contributed by atoms with E-state index in [0.29, 0.717) is 0 Å². The van der Waals surface area contributed by atoms with Crippen LogP contribution in [0.4, 0.5) is 8.78 Å². The Morgan fingerprint density at radius 1 is 1.22 bits per heavy atom. The first kappa shape index (κ1) is 28.9. The molecule has 0 spiro atoms. The number of ether oxygens (including phenoxy) is 4. The Morgan fingerprint density at radius 2 is 1.74 bits per heavy atom. The van der Waals surface area contributed by atoms with Crippen molar-refractivity contribution in [2.24, 2.45) is 11.3 Å². The zero-order chi connectivity index (χ0) is 19.4. The molecule has 0 amide bonds. The van der Waals surface area contributed by atoms with Crippen LogP contribution >= 0.6 is 6.92 Å². The average Bonchev–Trinajstić information content (AvgIpc) is 2.84. The van der Waals surface area contributed by atoms with Crippen LogP contribution < -0.4 is 68.9 Å². The van der Waals surface area contributed by atoms with Crippen molar-refractivity contribution < 1.29 is 101 Å². The van der Waals surface area contributed by atoms with E-state index in [2.05, 4.69) is 12.2 Å². The molecular formula is C14H21F2Na2O7PS. The molecule has 2 saturated heterocycles. The SMILES string of the molecule is CC1(C)O[C@H]2O[C@H](COC(=O)C(C)(C)C)[C@@H](C(F)(F)[P+]([O-])([O-])[S-])[C@H]2O1.[Na+].[Na+]. The van der Waals surface area contributed by atoms with E-state index in [1.54, 1.807) is 20.8 Å². The van der Waals surface area contributed by atoms with Gasteiger partial charge in [0.1, 0.15) is 24.7 Å². The van der Waals surface area contributed by atoms with Gasteiger partial charge in [-0.1, -0.05) is 0 Å². The Kier molecular flexibility index (Phi) is 10.3. The van der Waals surface area contributed by atoms with Gasteiger partial charge in [0.25, 0.3) is 0 Å². The first-order chi connectivity index (χ1) is 11.1. The van der Waals surface area contributed by atoms with Crippen molar-refractivity contribution in [2.45, 2.75) is 64.6 Å². The summed E-state index contributed by atoms with van der Waals surface area (Å²) in [5.74, 6) is -3.81. The Labute approximate surface area is 207 Å². The van der Waals surface area contributed by atoms with E-state index < -0.39 is 60.8 Å². The van der Waals surface area contributed by atoms with Gasteiger partial charge in [0.05, 0.1) is 5.41 Å². The van der Waals surface area contributed by atoms with E-state index in [4.69, 9.17) is 18.9 Å². The smallest absolute Gasteiger partial charge is 0.696 e. The number of halogens is 2. The molecule has 2 aliphatic heterocycles. The van der Waals surface area contributed by atoms with Crippen molar-refractivity contribution in [1.82, 2.24) is 0 Å². The van der Waals surface area contributed by atoms with Gasteiger partial charge in [-0.2, -0.15) is 15.7 Å². The fraction of sp³-hybridized carbons (Fsp3) is 0.929. The van der Waals surface area contributed by atoms with Crippen LogP contribution in [0.3, 0.4) is 0 Å². The Bertz CT molecular complexity index is 543. The number of carbonyl (C=O) groups excluding carboxylic acids is 1. The second kappa shape index (κ2) is 9.59. The second-order valence-corrected chi connectivity index (χ2v) is 10.6. The van der Waals surface area contributed by atoms with Crippen molar-refractivity contribution in [1.29, 1.82) is 0 Å². The first-order valence-corrected chi connectivity index (χ1v) is 10.3. The summed E-state index contributed by atoms with van der Waals surface area (Å²) in [4.78, 5) is 34.8. The maximum Gasteiger partial charge on any atom is 1.00 e. The number of fused-ring (bicyclic) bond motifs is 1. The summed E-state index contributed by atoms with van der Waals surface area (Å²) in [5, 5.41) is 0. The summed E-state index contributed by atoms with van der Waals surface area (Å²) in [6.07, 6.45) is -3.99. The van der Waals surface area contributed by atoms with Gasteiger partial charge in [0, 0.05) is 0 Å². The average molecular weight is 448 g/mol. The van der Waals surface area contributed by atoms with Crippen LogP contribution in [0.2, 0.25) is 0 Å². The van der Waals surface area contributed by atoms with Crippen molar-refractivity contribution in [3.63, 3.8) is 0 Å². The number of alkyl halides is 2. The fourth-order valence-electron chi connectivity index (χ4n) is 2.70. The monoisotopic (exact) mass is 448 g/mol. The minimum atomic E-state index is -5.48. The maximum atomic E-state index is 14.5. The molecule has 0 saturated carbocycles. The molecule has 13 heteroatoms. The van der Waals surface area contributed by atoms with Crippen molar-refractivity contribution in [3.05, 3.63) is 0 Å². The van der Waals surface area contributed by atoms with E-state index in [9.17, 15) is 23.4 Å². The van der Waals surface area contributed by atoms with E-state index in [-0.39, 0.29) is 59.1 Å². The molecule has 2 heterocycles. The summed E-state index contributed by atoms with van der Waals surface area (Å²) >= 11 is 4.01. The van der Waals surface area contributed by atoms with Crippen LogP contribution in [-0.4, -0.2) is 42.5 Å². The molecule has 0 unspecified atom stereocenters. The van der Waals surface area contributed by atoms with Crippen LogP contribution in [0.15, 0.2) is 0 Å². The topological polar surface area (TPSA) is 100 Å². The molecule has 0 aliphatic carbocycles. The van der Waals surface area contributed by atoms with Crippen LogP contribution in [-0.2, 0) is 36.0 Å². The quantitative estimate of drug-likeness (QED) is 0.182. The van der Waals surface area contributed by atoms with E-state index >= 15 is 0 Å². The predicted molar refractivity (Wildman–Crippen MR) is 81.8 cm³/mol. The van der Waals surface area contributed by atoms with Crippen LogP contribution in [0.5, 0.6) is 0 Å². The van der Waals surface area contributed by atoms with E-state index in [1.165, 1.54) is 13.8 Å². The molecular weight excluding hydrogens is 427 g/mol. The largest absolute Gasteiger partial charge is 1.00 e. The minimum absolute atomic E-state index is 0. The molecule has 0 aromatic carbocycles. The summed E-state index contributed by atoms with van der Waals surface area (Å²) in [6.45, 7) is 1.71. The van der Waals surface area contributed by atoms with Crippen LogP contribution in [0, 0.1) is 11.3 Å². The molecule has 146 valence electrons. The van der Waals surface area contributed by atoms with Gasteiger partial charge in [-0.3, -0.25) is 4.79 Å². The van der Waals surface area contributed by atoms with Gasteiger partial charge in [0.2, 0.25) is 0 Å². The number of hydrogen-bond acceptors (Lipinski definition) is 8. The van der Waals surface area contributed by atoms with Crippen molar-refractivity contribution in [3.8, 4) is 0 Å². The van der Waals surface area contributed by atoms with Gasteiger partial charge >= 0.3 is 70.7 Å². The third-order valence-corrected chi connectivity index (χ3v) is 5.67. The Hall–Kier alpha value is 1.91. The third kappa shape index (κ3) is 6.45. The first-order valence-electron chi connectivity index (χ1n) is 7.64. The molecule has 4 atom stereocenters. The fourth-order valence-corrected chi connectivity index (χ4v) is 3.74. The summed E-state index contributed by atoms with van der Waals surface area (Å²) < 4.78 is 50.1. The normalized spacial score (nSPS) is 30.1. The summed E-state index contributed by atoms with van der Waals surface area (Å²) in [5.41, 5.74) is -5.14. The number of hydrogen-bond donors (Lipinski definition) is 0. The predicted octanol–water partition coefficient (Wildman–Crippen LogP) is -5.30. The molecule has 2 fully saturated rings. The van der Waals surface area contributed by atoms with Gasteiger partial charge < -0.3 is 41.0 Å². The zero-order valence-electron chi connectivity index (χ0n) is 16.5. The molecule has 0 bridgehead atoms. The van der Waals surface area contributed by atoms with Crippen molar-refractivity contribution >= 4 is 25.1 Å². The van der Waals surface area contributed by atoms with Gasteiger partial charge in [-0.05, 0) is 34.6 Å². The molecule has 27 heavy (non-hydrogen) atoms. The van der Waals surface area contributed by atoms with Crippen LogP contribution in [0.25, 0.3) is 0 Å². The van der Waals surface area contributed by atoms with E-state index in [0.717, 1.165) is 0 Å². The molecule has 7 nitrogen and oxygen atoms in total. The minimum Gasteiger partial charge on any atom is -0.696 e. The molecule has 0 aromatic rings. The van der Waals surface area contributed by atoms with Gasteiger partial charge in [0.15, 0.2) is 12.1 Å². The second-order valence-electron chi connectivity index (χ2n) is 7.60. The molecule has 2 aliphatic rings. The molecule has 0 N–H and O–H groups in total. The Morgan fingerprint density at radius 3 is 2.19 bits per heavy atom.